The van der Waals surface area contributed by atoms with Crippen LogP contribution >= 0.6 is 0 Å². The summed E-state index contributed by atoms with van der Waals surface area (Å²) in [5.74, 6) is 0.163. The lowest BCUT2D eigenvalue weighted by atomic mass is 9.76. The van der Waals surface area contributed by atoms with Gasteiger partial charge in [-0.3, -0.25) is 0 Å². The van der Waals surface area contributed by atoms with E-state index in [9.17, 15) is 0 Å². The van der Waals surface area contributed by atoms with Crippen LogP contribution in [0.15, 0.2) is 0 Å². The van der Waals surface area contributed by atoms with E-state index in [0.29, 0.717) is 0 Å². The van der Waals surface area contributed by atoms with Gasteiger partial charge < -0.3 is 19.8 Å². The van der Waals surface area contributed by atoms with Gasteiger partial charge in [0.05, 0.1) is 11.2 Å². The maximum atomic E-state index is 5.93. The van der Waals surface area contributed by atoms with Gasteiger partial charge in [0.1, 0.15) is 5.94 Å². The summed E-state index contributed by atoms with van der Waals surface area (Å²) in [6.45, 7) is 9.03. The van der Waals surface area contributed by atoms with Crippen LogP contribution in [0.3, 0.4) is 0 Å². The van der Waals surface area contributed by atoms with Gasteiger partial charge in [-0.1, -0.05) is 0 Å². The van der Waals surface area contributed by atoms with Gasteiger partial charge in [0, 0.05) is 13.7 Å². The van der Waals surface area contributed by atoms with E-state index in [1.165, 1.54) is 0 Å². The molecule has 0 bridgehead atoms. The largest absolute Gasteiger partial charge is 0.521 e. The Kier molecular flexibility index (Phi) is 4.40. The van der Waals surface area contributed by atoms with Crippen molar-refractivity contribution in [2.45, 2.75) is 57.7 Å². The van der Waals surface area contributed by atoms with E-state index in [1.54, 1.807) is 7.11 Å². The summed E-state index contributed by atoms with van der Waals surface area (Å²) in [6.07, 6.45) is 1.96. The molecule has 5 heteroatoms. The first-order chi connectivity index (χ1) is 7.30. The van der Waals surface area contributed by atoms with Crippen molar-refractivity contribution in [3.8, 4) is 0 Å². The van der Waals surface area contributed by atoms with Crippen LogP contribution in [-0.2, 0) is 14.0 Å². The van der Waals surface area contributed by atoms with Gasteiger partial charge in [-0.25, -0.2) is 0 Å². The molecule has 1 fully saturated rings. The maximum Gasteiger partial charge on any atom is 0.521 e. The number of hydrogen-bond acceptors (Lipinski definition) is 3. The molecule has 1 atom stereocenters. The van der Waals surface area contributed by atoms with Crippen molar-refractivity contribution in [2.24, 2.45) is 0 Å². The highest BCUT2D eigenvalue weighted by atomic mass is 16.7. The monoisotopic (exact) mass is 230 g/mol. The molecular weight excluding hydrogens is 205 g/mol. The Hall–Kier alpha value is -0.0951. The normalized spacial score (nSPS) is 24.8. The van der Waals surface area contributed by atoms with Crippen LogP contribution < -0.4 is 5.73 Å². The molecule has 16 heavy (non-hydrogen) atoms. The molecule has 0 spiro atoms. The van der Waals surface area contributed by atoms with Crippen LogP contribution in [0.2, 0.25) is 0 Å². The second-order valence-corrected chi connectivity index (χ2v) is 5.52. The fraction of sp³-hybridized carbons (Fsp3) is 1.00. The van der Waals surface area contributed by atoms with E-state index in [2.05, 4.69) is 33.4 Å². The Morgan fingerprint density at radius 2 is 1.69 bits per heavy atom. The number of rotatable bonds is 5. The molecule has 1 aliphatic heterocycles. The fourth-order valence-corrected chi connectivity index (χ4v) is 1.71. The minimum absolute atomic E-state index is 0.163. The zero-order valence-corrected chi connectivity index (χ0v) is 11.2. The van der Waals surface area contributed by atoms with Gasteiger partial charge in [0.25, 0.3) is 0 Å². The van der Waals surface area contributed by atoms with Crippen molar-refractivity contribution in [3.05, 3.63) is 0 Å². The number of methoxy groups -OCH3 is 1. The van der Waals surface area contributed by atoms with Crippen molar-refractivity contribution in [2.75, 3.05) is 13.7 Å². The number of hydrogen-bond donors (Lipinski definition) is 1. The van der Waals surface area contributed by atoms with Crippen LogP contribution in [0.4, 0.5) is 0 Å². The van der Waals surface area contributed by atoms with E-state index < -0.39 is 0 Å². The van der Waals surface area contributed by atoms with E-state index in [-0.39, 0.29) is 24.3 Å². The second kappa shape index (κ2) is 5.04. The first-order valence-electron chi connectivity index (χ1n) is 5.98. The molecule has 1 heterocycles. The first kappa shape index (κ1) is 14.0. The lowest BCUT2D eigenvalue weighted by Gasteiger charge is -2.32. The molecule has 0 saturated carbocycles. The van der Waals surface area contributed by atoms with Gasteiger partial charge in [0.2, 0.25) is 0 Å². The highest BCUT2D eigenvalue weighted by molar-refractivity contribution is 6.46. The molecule has 0 aromatic carbocycles. The zero-order chi connectivity index (χ0) is 12.4. The molecule has 3 N–H and O–H groups in total. The van der Waals surface area contributed by atoms with Gasteiger partial charge in [-0.2, -0.15) is 0 Å². The summed E-state index contributed by atoms with van der Waals surface area (Å²) in [6, 6.07) is 0. The summed E-state index contributed by atoms with van der Waals surface area (Å²) < 4.78 is 16.9. The van der Waals surface area contributed by atoms with Crippen molar-refractivity contribution < 1.29 is 19.8 Å². The Balaban J connectivity index is 2.46. The standard InChI is InChI=1S/C11H24BNO3/c1-10(2)11(3,4)16-12(15-10)9(13)7-6-8-14-5/h9H,6-8,13H2,1-5H3/p+1/t9-/m1/s1. The average Bonchev–Trinajstić information content (AvgIpc) is 2.36. The van der Waals surface area contributed by atoms with Crippen molar-refractivity contribution >= 4 is 7.12 Å². The Labute approximate surface area is 99.0 Å². The predicted octanol–water partition coefficient (Wildman–Crippen LogP) is 0.655. The lowest BCUT2D eigenvalue weighted by molar-refractivity contribution is -0.399. The minimum Gasteiger partial charge on any atom is -0.399 e. The van der Waals surface area contributed by atoms with Crippen LogP contribution in [0.5, 0.6) is 0 Å². The van der Waals surface area contributed by atoms with Crippen molar-refractivity contribution in [1.29, 1.82) is 0 Å². The van der Waals surface area contributed by atoms with E-state index >= 15 is 0 Å². The summed E-state index contributed by atoms with van der Waals surface area (Å²) in [5.41, 5.74) is 3.61. The van der Waals surface area contributed by atoms with Crippen LogP contribution in [-0.4, -0.2) is 38.0 Å². The minimum atomic E-state index is -0.255. The molecule has 4 nitrogen and oxygen atoms in total. The summed E-state index contributed by atoms with van der Waals surface area (Å²) >= 11 is 0. The van der Waals surface area contributed by atoms with Gasteiger partial charge in [-0.15, -0.1) is 0 Å². The van der Waals surface area contributed by atoms with Crippen molar-refractivity contribution in [3.63, 3.8) is 0 Å². The van der Waals surface area contributed by atoms with E-state index in [1.807, 2.05) is 0 Å². The topological polar surface area (TPSA) is 55.3 Å². The molecular formula is C11H25BNO3+. The fourth-order valence-electron chi connectivity index (χ4n) is 1.71. The highest BCUT2D eigenvalue weighted by Crippen LogP contribution is 2.37. The van der Waals surface area contributed by atoms with Gasteiger partial charge in [-0.05, 0) is 40.5 Å². The maximum absolute atomic E-state index is 5.93. The third kappa shape index (κ3) is 2.97. The van der Waals surface area contributed by atoms with Crippen LogP contribution in [0, 0.1) is 0 Å². The summed E-state index contributed by atoms with van der Waals surface area (Å²) in [7, 11) is 1.52. The summed E-state index contributed by atoms with van der Waals surface area (Å²) in [4.78, 5) is 0. The van der Waals surface area contributed by atoms with E-state index in [0.717, 1.165) is 19.4 Å². The molecule has 0 aliphatic carbocycles. The quantitative estimate of drug-likeness (QED) is 0.557. The summed E-state index contributed by atoms with van der Waals surface area (Å²) in [5, 5.41) is 0. The number of quaternary nitrogens is 1. The van der Waals surface area contributed by atoms with Gasteiger partial charge in [0.15, 0.2) is 0 Å². The van der Waals surface area contributed by atoms with E-state index in [4.69, 9.17) is 14.0 Å². The molecule has 0 amide bonds. The second-order valence-electron chi connectivity index (χ2n) is 5.52. The Morgan fingerprint density at radius 1 is 1.19 bits per heavy atom. The van der Waals surface area contributed by atoms with Crippen LogP contribution in [0.1, 0.15) is 40.5 Å². The molecule has 94 valence electrons. The smallest absolute Gasteiger partial charge is 0.399 e. The average molecular weight is 230 g/mol. The third-order valence-electron chi connectivity index (χ3n) is 3.58. The molecule has 0 aromatic heterocycles. The molecule has 1 saturated heterocycles. The van der Waals surface area contributed by atoms with Crippen LogP contribution in [0.25, 0.3) is 0 Å². The highest BCUT2D eigenvalue weighted by Gasteiger charge is 2.54. The molecule has 1 aliphatic rings. The third-order valence-corrected chi connectivity index (χ3v) is 3.58. The lowest BCUT2D eigenvalue weighted by Crippen LogP contribution is -2.68. The Morgan fingerprint density at radius 3 is 2.12 bits per heavy atom. The molecule has 1 rings (SSSR count). The molecule has 0 radical (unpaired) electrons. The predicted molar refractivity (Wildman–Crippen MR) is 63.9 cm³/mol. The Bertz CT molecular complexity index is 217. The molecule has 0 aromatic rings. The first-order valence-corrected chi connectivity index (χ1v) is 5.98. The van der Waals surface area contributed by atoms with Crippen molar-refractivity contribution in [1.82, 2.24) is 0 Å². The SMILES string of the molecule is COCCC[C@@H]([NH3+])B1OC(C)(C)C(C)(C)O1. The molecule has 0 unspecified atom stereocenters. The number of ether oxygens (including phenoxy) is 1. The zero-order valence-electron chi connectivity index (χ0n) is 11.2. The van der Waals surface area contributed by atoms with Gasteiger partial charge >= 0.3 is 7.12 Å².